The zero-order valence-corrected chi connectivity index (χ0v) is 23.3. The van der Waals surface area contributed by atoms with Gasteiger partial charge in [0.05, 0.1) is 12.2 Å². The van der Waals surface area contributed by atoms with E-state index in [1.165, 1.54) is 10.1 Å². The van der Waals surface area contributed by atoms with Gasteiger partial charge in [0.25, 0.3) is 5.56 Å². The summed E-state index contributed by atoms with van der Waals surface area (Å²) in [5.41, 5.74) is 6.00. The van der Waals surface area contributed by atoms with E-state index >= 15 is 0 Å². The fraction of sp³-hybridized carbons (Fsp3) is 0.444. The summed E-state index contributed by atoms with van der Waals surface area (Å²) in [5, 5.41) is 5.41. The van der Waals surface area contributed by atoms with E-state index in [4.69, 9.17) is 5.10 Å². The number of hydrogen-bond acceptors (Lipinski definition) is 4. The van der Waals surface area contributed by atoms with Crippen molar-refractivity contribution in [2.24, 2.45) is 20.0 Å². The lowest BCUT2D eigenvalue weighted by Crippen LogP contribution is -2.38. The molecule has 0 saturated heterocycles. The molecule has 0 unspecified atom stereocenters. The first kappa shape index (κ1) is 25.9. The smallest absolute Gasteiger partial charge is 0.332 e. The average molecular weight is 509 g/mol. The van der Waals surface area contributed by atoms with Crippen molar-refractivity contribution in [3.05, 3.63) is 61.7 Å². The summed E-state index contributed by atoms with van der Waals surface area (Å²) in [5.74, 6) is 0.219. The fourth-order valence-electron chi connectivity index (χ4n) is 4.58. The predicted octanol–water partition coefficient (Wildman–Crippen LogP) is 4.78. The molecular formula is C27H36N6O2S. The van der Waals surface area contributed by atoms with Crippen molar-refractivity contribution in [3.8, 4) is 11.4 Å². The summed E-state index contributed by atoms with van der Waals surface area (Å²) in [6.07, 6.45) is 9.28. The van der Waals surface area contributed by atoms with Crippen LogP contribution in [0.4, 0.5) is 0 Å². The summed E-state index contributed by atoms with van der Waals surface area (Å²) in [4.78, 5) is 31.1. The lowest BCUT2D eigenvalue weighted by atomic mass is 10.1. The quantitative estimate of drug-likeness (QED) is 0.347. The summed E-state index contributed by atoms with van der Waals surface area (Å²) in [6, 6.07) is 2.08. The lowest BCUT2D eigenvalue weighted by Gasteiger charge is -2.11. The Hall–Kier alpha value is -3.20. The molecule has 0 aliphatic rings. The molecule has 0 radical (unpaired) electrons. The second-order valence-corrected chi connectivity index (χ2v) is 10.8. The number of thioether (sulfide) groups is 1. The van der Waals surface area contributed by atoms with Crippen LogP contribution in [0.25, 0.3) is 28.5 Å². The number of allylic oxidation sites excluding steroid dienone is 1. The van der Waals surface area contributed by atoms with Crippen molar-refractivity contribution in [1.82, 2.24) is 28.5 Å². The van der Waals surface area contributed by atoms with Crippen LogP contribution >= 0.6 is 11.8 Å². The van der Waals surface area contributed by atoms with E-state index in [0.717, 1.165) is 39.5 Å². The molecule has 0 fully saturated rings. The third-order valence-electron chi connectivity index (χ3n) is 6.71. The Kier molecular flexibility index (Phi) is 7.22. The van der Waals surface area contributed by atoms with E-state index < -0.39 is 0 Å². The summed E-state index contributed by atoms with van der Waals surface area (Å²) in [7, 11) is 3.53. The molecule has 4 heterocycles. The van der Waals surface area contributed by atoms with Crippen molar-refractivity contribution >= 4 is 28.9 Å². The van der Waals surface area contributed by atoms with Crippen LogP contribution in [-0.4, -0.2) is 34.7 Å². The van der Waals surface area contributed by atoms with Crippen molar-refractivity contribution in [3.63, 3.8) is 0 Å². The van der Waals surface area contributed by atoms with E-state index in [-0.39, 0.29) is 17.2 Å². The van der Waals surface area contributed by atoms with Crippen LogP contribution in [0, 0.1) is 12.8 Å². The molecule has 9 heteroatoms. The Labute approximate surface area is 215 Å². The monoisotopic (exact) mass is 508 g/mol. The number of aromatic amines is 1. The predicted molar refractivity (Wildman–Crippen MR) is 149 cm³/mol. The molecule has 8 nitrogen and oxygen atoms in total. The van der Waals surface area contributed by atoms with E-state index in [1.54, 1.807) is 23.4 Å². The van der Waals surface area contributed by atoms with Gasteiger partial charge in [-0.3, -0.25) is 18.6 Å². The molecule has 0 bridgehead atoms. The van der Waals surface area contributed by atoms with Gasteiger partial charge in [0, 0.05) is 43.6 Å². The highest BCUT2D eigenvalue weighted by atomic mass is 32.2. The molecular weight excluding hydrogens is 472 g/mol. The number of aryl methyl sites for hydroxylation is 2. The van der Waals surface area contributed by atoms with Gasteiger partial charge in [-0.05, 0) is 49.6 Å². The summed E-state index contributed by atoms with van der Waals surface area (Å²) < 4.78 is 6.77. The van der Waals surface area contributed by atoms with Gasteiger partial charge in [-0.15, -0.1) is 11.8 Å². The molecule has 4 aromatic heterocycles. The molecule has 0 aromatic carbocycles. The molecule has 4 aromatic rings. The fourth-order valence-corrected chi connectivity index (χ4v) is 5.07. The first-order valence-corrected chi connectivity index (χ1v) is 13.5. The Balaban J connectivity index is 2.06. The van der Waals surface area contributed by atoms with Crippen molar-refractivity contribution in [2.75, 3.05) is 6.26 Å². The maximum absolute atomic E-state index is 13.6. The van der Waals surface area contributed by atoms with Crippen molar-refractivity contribution in [2.45, 2.75) is 59.0 Å². The van der Waals surface area contributed by atoms with Crippen LogP contribution in [0.5, 0.6) is 0 Å². The van der Waals surface area contributed by atoms with Gasteiger partial charge in [0.15, 0.2) is 5.65 Å². The van der Waals surface area contributed by atoms with E-state index in [1.807, 2.05) is 28.7 Å². The summed E-state index contributed by atoms with van der Waals surface area (Å²) in [6.45, 7) is 11.4. The number of aromatic nitrogens is 6. The molecule has 0 saturated carbocycles. The van der Waals surface area contributed by atoms with Gasteiger partial charge in [0.2, 0.25) is 0 Å². The number of fused-ring (bicyclic) bond motifs is 1. The minimum Gasteiger partial charge on any atom is -0.364 e. The minimum atomic E-state index is -0.339. The second kappa shape index (κ2) is 10.0. The van der Waals surface area contributed by atoms with E-state index in [9.17, 15) is 9.59 Å². The van der Waals surface area contributed by atoms with Crippen molar-refractivity contribution in [1.29, 1.82) is 0 Å². The lowest BCUT2D eigenvalue weighted by molar-refractivity contribution is 0.498. The van der Waals surface area contributed by atoms with E-state index in [2.05, 4.69) is 57.9 Å². The molecule has 0 atom stereocenters. The van der Waals surface area contributed by atoms with Crippen molar-refractivity contribution < 1.29 is 0 Å². The Morgan fingerprint density at radius 3 is 2.58 bits per heavy atom. The first-order chi connectivity index (χ1) is 17.1. The maximum atomic E-state index is 13.6. The second-order valence-electron chi connectivity index (χ2n) is 9.93. The maximum Gasteiger partial charge on any atom is 0.332 e. The number of hydrogen-bond donors (Lipinski definition) is 1. The highest BCUT2D eigenvalue weighted by molar-refractivity contribution is 7.98. The molecule has 4 rings (SSSR count). The van der Waals surface area contributed by atoms with Crippen LogP contribution < -0.4 is 11.2 Å². The average Bonchev–Trinajstić information content (AvgIpc) is 3.50. The topological polar surface area (TPSA) is 82.5 Å². The highest BCUT2D eigenvalue weighted by Gasteiger charge is 2.25. The van der Waals surface area contributed by atoms with Crippen LogP contribution in [0.15, 0.2) is 38.5 Å². The standard InChI is InChI=1S/C27H36N6O2S/c1-9-17(4)10-21-18(5)28-12-19(21)14-33-24(22-11-20(36-8)15-30(22)6)23-25(29-33)32(13-16(2)3)27(35)31(7)26(23)34/h10-12,15-16,28H,9,13-14H2,1-8H3/b17-10+. The van der Waals surface area contributed by atoms with Crippen LogP contribution in [0.3, 0.4) is 0 Å². The van der Waals surface area contributed by atoms with Gasteiger partial charge in [-0.2, -0.15) is 5.10 Å². The molecule has 0 aliphatic heterocycles. The third-order valence-corrected chi connectivity index (χ3v) is 7.41. The molecule has 36 heavy (non-hydrogen) atoms. The normalized spacial score (nSPS) is 12.4. The van der Waals surface area contributed by atoms with Gasteiger partial charge in [0.1, 0.15) is 11.1 Å². The minimum absolute atomic E-state index is 0.219. The van der Waals surface area contributed by atoms with Gasteiger partial charge in [-0.1, -0.05) is 32.4 Å². The Morgan fingerprint density at radius 1 is 1.25 bits per heavy atom. The Morgan fingerprint density at radius 2 is 1.97 bits per heavy atom. The number of H-pyrrole nitrogens is 1. The van der Waals surface area contributed by atoms with E-state index in [0.29, 0.717) is 24.1 Å². The number of nitrogens with zero attached hydrogens (tertiary/aromatic N) is 5. The molecule has 1 N–H and O–H groups in total. The van der Waals surface area contributed by atoms with Gasteiger partial charge >= 0.3 is 5.69 Å². The molecule has 0 aliphatic carbocycles. The van der Waals surface area contributed by atoms with Gasteiger partial charge < -0.3 is 9.55 Å². The zero-order chi connectivity index (χ0) is 26.3. The SMILES string of the molecule is CC/C(C)=C/c1c(Cn2nc3c(c2-c2cc(SC)cn2C)c(=O)n(C)c(=O)n3CC(C)C)c[nH]c1C. The number of rotatable bonds is 8. The first-order valence-electron chi connectivity index (χ1n) is 12.3. The number of nitrogens with one attached hydrogen (secondary N) is 1. The molecule has 0 spiro atoms. The van der Waals surface area contributed by atoms with Crippen LogP contribution in [-0.2, 0) is 27.2 Å². The van der Waals surface area contributed by atoms with Gasteiger partial charge in [-0.25, -0.2) is 4.79 Å². The van der Waals surface area contributed by atoms with Crippen LogP contribution in [0.2, 0.25) is 0 Å². The third kappa shape index (κ3) is 4.52. The van der Waals surface area contributed by atoms with Crippen LogP contribution in [0.1, 0.15) is 50.9 Å². The highest BCUT2D eigenvalue weighted by Crippen LogP contribution is 2.32. The molecule has 0 amide bonds. The Bertz CT molecular complexity index is 1570. The zero-order valence-electron chi connectivity index (χ0n) is 22.5. The largest absolute Gasteiger partial charge is 0.364 e. The molecule has 192 valence electrons. The summed E-state index contributed by atoms with van der Waals surface area (Å²) >= 11 is 1.65.